The van der Waals surface area contributed by atoms with Gasteiger partial charge in [0, 0.05) is 50.8 Å². The van der Waals surface area contributed by atoms with Gasteiger partial charge in [0.25, 0.3) is 0 Å². The summed E-state index contributed by atoms with van der Waals surface area (Å²) in [6.45, 7) is 3.01. The van der Waals surface area contributed by atoms with Crippen molar-refractivity contribution >= 4 is 33.5 Å². The number of thiophene rings is 1. The molecule has 0 radical (unpaired) electrons. The summed E-state index contributed by atoms with van der Waals surface area (Å²) < 4.78 is 0. The molecule has 0 atom stereocenters. The molecule has 0 amide bonds. The molecule has 0 saturated carbocycles. The third kappa shape index (κ3) is 2.47. The lowest BCUT2D eigenvalue weighted by Crippen LogP contribution is -1.99. The van der Waals surface area contributed by atoms with Crippen LogP contribution in [0, 0.1) is 0 Å². The van der Waals surface area contributed by atoms with Gasteiger partial charge in [-0.05, 0) is 36.8 Å². The summed E-state index contributed by atoms with van der Waals surface area (Å²) in [5.74, 6) is 0. The number of benzene rings is 1. The average molecular weight is 283 g/mol. The maximum absolute atomic E-state index is 6.00. The highest BCUT2D eigenvalue weighted by Gasteiger charge is 2.05. The number of rotatable bonds is 4. The van der Waals surface area contributed by atoms with Gasteiger partial charge < -0.3 is 11.1 Å². The first-order chi connectivity index (χ1) is 9.78. The third-order valence-corrected chi connectivity index (χ3v) is 4.60. The van der Waals surface area contributed by atoms with Crippen molar-refractivity contribution in [1.82, 2.24) is 4.98 Å². The van der Waals surface area contributed by atoms with E-state index in [1.165, 1.54) is 9.75 Å². The van der Waals surface area contributed by atoms with Crippen LogP contribution in [0.1, 0.15) is 16.7 Å². The minimum absolute atomic E-state index is 0.789. The summed E-state index contributed by atoms with van der Waals surface area (Å²) in [6.07, 6.45) is 4.73. The van der Waals surface area contributed by atoms with Gasteiger partial charge in [-0.15, -0.1) is 11.3 Å². The quantitative estimate of drug-likeness (QED) is 0.710. The highest BCUT2D eigenvalue weighted by atomic mass is 32.1. The molecular formula is C16H17N3S. The molecule has 0 saturated heterocycles. The molecule has 0 bridgehead atoms. The van der Waals surface area contributed by atoms with Gasteiger partial charge in [0.15, 0.2) is 0 Å². The van der Waals surface area contributed by atoms with Gasteiger partial charge in [0.1, 0.15) is 0 Å². The predicted octanol–water partition coefficient (Wildman–Crippen LogP) is 4.05. The Bertz CT molecular complexity index is 733. The molecule has 2 heterocycles. The Morgan fingerprint density at radius 2 is 1.95 bits per heavy atom. The molecule has 0 fully saturated rings. The first kappa shape index (κ1) is 12.9. The average Bonchev–Trinajstić information content (AvgIpc) is 2.95. The minimum Gasteiger partial charge on any atom is -0.398 e. The molecule has 2 aromatic heterocycles. The van der Waals surface area contributed by atoms with Crippen LogP contribution in [-0.2, 0) is 13.0 Å². The van der Waals surface area contributed by atoms with Crippen molar-refractivity contribution in [3.05, 3.63) is 52.5 Å². The maximum Gasteiger partial charge on any atom is 0.0494 e. The van der Waals surface area contributed by atoms with Crippen LogP contribution in [0.3, 0.4) is 0 Å². The zero-order valence-corrected chi connectivity index (χ0v) is 12.2. The van der Waals surface area contributed by atoms with Gasteiger partial charge in [-0.25, -0.2) is 0 Å². The molecular weight excluding hydrogens is 266 g/mol. The van der Waals surface area contributed by atoms with Gasteiger partial charge in [-0.3, -0.25) is 4.98 Å². The van der Waals surface area contributed by atoms with Crippen LogP contribution in [-0.4, -0.2) is 4.98 Å². The van der Waals surface area contributed by atoms with Gasteiger partial charge in [0.2, 0.25) is 0 Å². The number of nitrogen functional groups attached to an aromatic ring is 1. The smallest absolute Gasteiger partial charge is 0.0494 e. The fraction of sp³-hybridized carbons (Fsp3) is 0.188. The largest absolute Gasteiger partial charge is 0.398 e. The fourth-order valence-electron chi connectivity index (χ4n) is 2.26. The second kappa shape index (κ2) is 5.51. The van der Waals surface area contributed by atoms with Crippen LogP contribution >= 0.6 is 11.3 Å². The molecule has 0 aliphatic rings. The number of hydrogen-bond acceptors (Lipinski definition) is 4. The Morgan fingerprint density at radius 1 is 1.10 bits per heavy atom. The number of aryl methyl sites for hydroxylation is 1. The molecule has 0 aliphatic carbocycles. The molecule has 102 valence electrons. The highest BCUT2D eigenvalue weighted by Crippen LogP contribution is 2.28. The lowest BCUT2D eigenvalue weighted by molar-refractivity contribution is 1.19. The summed E-state index contributed by atoms with van der Waals surface area (Å²) >= 11 is 1.86. The van der Waals surface area contributed by atoms with Gasteiger partial charge >= 0.3 is 0 Å². The second-order valence-corrected chi connectivity index (χ2v) is 5.95. The molecule has 20 heavy (non-hydrogen) atoms. The van der Waals surface area contributed by atoms with E-state index in [-0.39, 0.29) is 0 Å². The van der Waals surface area contributed by atoms with E-state index >= 15 is 0 Å². The number of aromatic nitrogens is 1. The minimum atomic E-state index is 0.789. The first-order valence-electron chi connectivity index (χ1n) is 6.71. The van der Waals surface area contributed by atoms with Crippen LogP contribution in [0.15, 0.2) is 42.7 Å². The molecule has 3 nitrogen and oxygen atoms in total. The van der Waals surface area contributed by atoms with E-state index in [2.05, 4.69) is 29.4 Å². The van der Waals surface area contributed by atoms with Crippen molar-refractivity contribution in [3.63, 3.8) is 0 Å². The Labute approximate surface area is 122 Å². The number of nitrogens with two attached hydrogens (primary N) is 1. The monoisotopic (exact) mass is 283 g/mol. The van der Waals surface area contributed by atoms with Crippen molar-refractivity contribution in [2.75, 3.05) is 11.1 Å². The lowest BCUT2D eigenvalue weighted by Gasteiger charge is -2.10. The van der Waals surface area contributed by atoms with E-state index in [9.17, 15) is 0 Å². The summed E-state index contributed by atoms with van der Waals surface area (Å²) in [5, 5.41) is 5.60. The molecule has 3 aromatic rings. The SMILES string of the molecule is CCc1ccc(CNc2ccc(N)c3ccncc23)s1. The second-order valence-electron chi connectivity index (χ2n) is 4.70. The first-order valence-corrected chi connectivity index (χ1v) is 7.53. The highest BCUT2D eigenvalue weighted by molar-refractivity contribution is 7.12. The number of fused-ring (bicyclic) bond motifs is 1. The van der Waals surface area contributed by atoms with Gasteiger partial charge in [-0.2, -0.15) is 0 Å². The Balaban J connectivity index is 1.86. The molecule has 3 rings (SSSR count). The van der Waals surface area contributed by atoms with Crippen molar-refractivity contribution < 1.29 is 0 Å². The molecule has 0 aliphatic heterocycles. The standard InChI is InChI=1S/C16H17N3S/c1-2-11-3-4-12(20-11)9-19-16-6-5-15(17)13-7-8-18-10-14(13)16/h3-8,10,19H,2,9,17H2,1H3. The molecule has 0 unspecified atom stereocenters. The maximum atomic E-state index is 6.00. The topological polar surface area (TPSA) is 50.9 Å². The van der Waals surface area contributed by atoms with E-state index in [1.54, 1.807) is 6.20 Å². The number of nitrogens with one attached hydrogen (secondary N) is 1. The number of anilines is 2. The van der Waals surface area contributed by atoms with Crippen LogP contribution < -0.4 is 11.1 Å². The van der Waals surface area contributed by atoms with E-state index in [4.69, 9.17) is 5.73 Å². The van der Waals surface area contributed by atoms with Gasteiger partial charge in [0.05, 0.1) is 0 Å². The third-order valence-electron chi connectivity index (χ3n) is 3.37. The number of pyridine rings is 1. The normalized spacial score (nSPS) is 10.8. The molecule has 1 aromatic carbocycles. The predicted molar refractivity (Wildman–Crippen MR) is 87.2 cm³/mol. The number of nitrogens with zero attached hydrogens (tertiary/aromatic N) is 1. The lowest BCUT2D eigenvalue weighted by atomic mass is 10.1. The van der Waals surface area contributed by atoms with Crippen LogP contribution in [0.2, 0.25) is 0 Å². The summed E-state index contributed by atoms with van der Waals surface area (Å²) in [4.78, 5) is 6.96. The zero-order chi connectivity index (χ0) is 13.9. The molecule has 0 spiro atoms. The Hall–Kier alpha value is -2.07. The van der Waals surface area contributed by atoms with Crippen LogP contribution in [0.5, 0.6) is 0 Å². The molecule has 3 N–H and O–H groups in total. The summed E-state index contributed by atoms with van der Waals surface area (Å²) in [6, 6.07) is 10.3. The van der Waals surface area contributed by atoms with E-state index in [1.807, 2.05) is 35.7 Å². The zero-order valence-electron chi connectivity index (χ0n) is 11.4. The van der Waals surface area contributed by atoms with E-state index in [0.717, 1.165) is 35.1 Å². The van der Waals surface area contributed by atoms with Crippen molar-refractivity contribution in [2.45, 2.75) is 19.9 Å². The molecule has 4 heteroatoms. The van der Waals surface area contributed by atoms with Crippen LogP contribution in [0.25, 0.3) is 10.8 Å². The Morgan fingerprint density at radius 3 is 2.75 bits per heavy atom. The van der Waals surface area contributed by atoms with Crippen LogP contribution in [0.4, 0.5) is 11.4 Å². The number of hydrogen-bond donors (Lipinski definition) is 2. The van der Waals surface area contributed by atoms with Gasteiger partial charge in [-0.1, -0.05) is 6.92 Å². The van der Waals surface area contributed by atoms with Crippen molar-refractivity contribution in [2.24, 2.45) is 0 Å². The van der Waals surface area contributed by atoms with Crippen molar-refractivity contribution in [3.8, 4) is 0 Å². The Kier molecular flexibility index (Phi) is 3.56. The van der Waals surface area contributed by atoms with E-state index < -0.39 is 0 Å². The summed E-state index contributed by atoms with van der Waals surface area (Å²) in [5.41, 5.74) is 7.87. The fourth-order valence-corrected chi connectivity index (χ4v) is 3.15. The van der Waals surface area contributed by atoms with Crippen molar-refractivity contribution in [1.29, 1.82) is 0 Å². The van der Waals surface area contributed by atoms with E-state index in [0.29, 0.717) is 0 Å². The summed E-state index contributed by atoms with van der Waals surface area (Å²) in [7, 11) is 0.